The van der Waals surface area contributed by atoms with Crippen LogP contribution in [0, 0.1) is 0 Å². The molecule has 0 atom stereocenters. The number of carbonyl (C=O) groups excluding carboxylic acids is 1. The molecule has 0 radical (unpaired) electrons. The van der Waals surface area contributed by atoms with E-state index in [0.717, 1.165) is 0 Å². The molecular formula is C11H10N2O2. The lowest BCUT2D eigenvalue weighted by atomic mass is 10.1. The Hall–Kier alpha value is -2.10. The number of hydrogen-bond donors (Lipinski definition) is 1. The Bertz CT molecular complexity index is 463. The lowest BCUT2D eigenvalue weighted by molar-refractivity contribution is 0.102. The van der Waals surface area contributed by atoms with Gasteiger partial charge in [0.15, 0.2) is 5.82 Å². The minimum atomic E-state index is -0.169. The maximum Gasteiger partial charge on any atom is 0.231 e. The van der Waals surface area contributed by atoms with Crippen molar-refractivity contribution in [1.82, 2.24) is 9.97 Å². The SMILES string of the molecule is COc1ccccc1C(=O)c1ncc[nH]1. The Labute approximate surface area is 86.9 Å². The number of ketones is 1. The largest absolute Gasteiger partial charge is 0.496 e. The fourth-order valence-electron chi connectivity index (χ4n) is 1.35. The number of H-pyrrole nitrogens is 1. The summed E-state index contributed by atoms with van der Waals surface area (Å²) >= 11 is 0. The van der Waals surface area contributed by atoms with Crippen LogP contribution >= 0.6 is 0 Å². The van der Waals surface area contributed by atoms with Gasteiger partial charge in [-0.05, 0) is 12.1 Å². The highest BCUT2D eigenvalue weighted by atomic mass is 16.5. The van der Waals surface area contributed by atoms with Gasteiger partial charge in [-0.2, -0.15) is 0 Å². The fourth-order valence-corrected chi connectivity index (χ4v) is 1.35. The maximum absolute atomic E-state index is 11.9. The monoisotopic (exact) mass is 202 g/mol. The number of para-hydroxylation sites is 1. The molecule has 1 heterocycles. The summed E-state index contributed by atoms with van der Waals surface area (Å²) in [6, 6.07) is 7.07. The molecule has 0 aliphatic rings. The topological polar surface area (TPSA) is 55.0 Å². The van der Waals surface area contributed by atoms with E-state index in [1.54, 1.807) is 30.6 Å². The third-order valence-corrected chi connectivity index (χ3v) is 2.06. The van der Waals surface area contributed by atoms with Crippen LogP contribution in [-0.2, 0) is 0 Å². The first-order valence-corrected chi connectivity index (χ1v) is 4.50. The molecule has 0 saturated heterocycles. The molecule has 76 valence electrons. The summed E-state index contributed by atoms with van der Waals surface area (Å²) in [7, 11) is 1.54. The molecule has 0 amide bonds. The van der Waals surface area contributed by atoms with E-state index in [1.807, 2.05) is 6.07 Å². The molecule has 2 rings (SSSR count). The second-order valence-corrected chi connectivity index (χ2v) is 2.97. The van der Waals surface area contributed by atoms with E-state index in [0.29, 0.717) is 17.1 Å². The smallest absolute Gasteiger partial charge is 0.231 e. The molecule has 0 aliphatic carbocycles. The minimum absolute atomic E-state index is 0.169. The van der Waals surface area contributed by atoms with Gasteiger partial charge >= 0.3 is 0 Å². The number of nitrogens with zero attached hydrogens (tertiary/aromatic N) is 1. The van der Waals surface area contributed by atoms with E-state index in [9.17, 15) is 4.79 Å². The Balaban J connectivity index is 2.42. The zero-order valence-corrected chi connectivity index (χ0v) is 8.23. The standard InChI is InChI=1S/C11H10N2O2/c1-15-9-5-3-2-4-8(9)10(14)11-12-6-7-13-11/h2-7H,1H3,(H,12,13). The number of nitrogens with one attached hydrogen (secondary N) is 1. The number of ether oxygens (including phenoxy) is 1. The molecule has 0 spiro atoms. The highest BCUT2D eigenvalue weighted by Crippen LogP contribution is 2.19. The van der Waals surface area contributed by atoms with Crippen molar-refractivity contribution in [3.05, 3.63) is 48.0 Å². The van der Waals surface area contributed by atoms with Crippen LogP contribution in [0.2, 0.25) is 0 Å². The molecule has 4 nitrogen and oxygen atoms in total. The summed E-state index contributed by atoms with van der Waals surface area (Å²) < 4.78 is 5.10. The van der Waals surface area contributed by atoms with Gasteiger partial charge in [0.2, 0.25) is 5.78 Å². The van der Waals surface area contributed by atoms with Crippen LogP contribution in [0.5, 0.6) is 5.75 Å². The summed E-state index contributed by atoms with van der Waals surface area (Å²) in [6.45, 7) is 0. The van der Waals surface area contributed by atoms with Crippen molar-refractivity contribution >= 4 is 5.78 Å². The van der Waals surface area contributed by atoms with Crippen LogP contribution in [0.25, 0.3) is 0 Å². The number of carbonyl (C=O) groups is 1. The van der Waals surface area contributed by atoms with Crippen molar-refractivity contribution < 1.29 is 9.53 Å². The summed E-state index contributed by atoms with van der Waals surface area (Å²) in [5.74, 6) is 0.704. The van der Waals surface area contributed by atoms with E-state index in [1.165, 1.54) is 7.11 Å². The third kappa shape index (κ3) is 1.74. The molecule has 2 aromatic rings. The summed E-state index contributed by atoms with van der Waals surface area (Å²) in [5, 5.41) is 0. The van der Waals surface area contributed by atoms with Crippen molar-refractivity contribution in [2.24, 2.45) is 0 Å². The predicted molar refractivity (Wildman–Crippen MR) is 55.0 cm³/mol. The van der Waals surface area contributed by atoms with Crippen LogP contribution in [0.1, 0.15) is 16.2 Å². The molecule has 15 heavy (non-hydrogen) atoms. The lowest BCUT2D eigenvalue weighted by Crippen LogP contribution is -2.05. The molecular weight excluding hydrogens is 192 g/mol. The Kier molecular flexibility index (Phi) is 2.49. The van der Waals surface area contributed by atoms with E-state index in [2.05, 4.69) is 9.97 Å². The molecule has 0 fully saturated rings. The number of hydrogen-bond acceptors (Lipinski definition) is 3. The van der Waals surface area contributed by atoms with Gasteiger partial charge in [0.1, 0.15) is 5.75 Å². The Morgan fingerprint density at radius 1 is 1.40 bits per heavy atom. The maximum atomic E-state index is 11.9. The average molecular weight is 202 g/mol. The number of methoxy groups -OCH3 is 1. The van der Waals surface area contributed by atoms with Gasteiger partial charge in [-0.3, -0.25) is 4.79 Å². The van der Waals surface area contributed by atoms with Gasteiger partial charge < -0.3 is 9.72 Å². The van der Waals surface area contributed by atoms with E-state index >= 15 is 0 Å². The zero-order chi connectivity index (χ0) is 10.7. The van der Waals surface area contributed by atoms with Crippen molar-refractivity contribution in [2.45, 2.75) is 0 Å². The van der Waals surface area contributed by atoms with E-state index in [-0.39, 0.29) is 5.78 Å². The molecule has 1 aromatic heterocycles. The number of aromatic amines is 1. The molecule has 1 N–H and O–H groups in total. The van der Waals surface area contributed by atoms with Crippen molar-refractivity contribution in [3.63, 3.8) is 0 Å². The Morgan fingerprint density at radius 2 is 2.20 bits per heavy atom. The van der Waals surface area contributed by atoms with Crippen LogP contribution < -0.4 is 4.74 Å². The molecule has 1 aromatic carbocycles. The first-order chi connectivity index (χ1) is 7.33. The van der Waals surface area contributed by atoms with Gasteiger partial charge in [0.05, 0.1) is 12.7 Å². The van der Waals surface area contributed by atoms with Crippen LogP contribution in [0.4, 0.5) is 0 Å². The van der Waals surface area contributed by atoms with Crippen LogP contribution in [0.15, 0.2) is 36.7 Å². The number of benzene rings is 1. The van der Waals surface area contributed by atoms with Crippen molar-refractivity contribution in [1.29, 1.82) is 0 Å². The van der Waals surface area contributed by atoms with Gasteiger partial charge in [-0.1, -0.05) is 12.1 Å². The molecule has 0 bridgehead atoms. The number of rotatable bonds is 3. The molecule has 0 unspecified atom stereocenters. The van der Waals surface area contributed by atoms with Crippen LogP contribution in [0.3, 0.4) is 0 Å². The van der Waals surface area contributed by atoms with Gasteiger partial charge in [0.25, 0.3) is 0 Å². The second kappa shape index (κ2) is 3.96. The van der Waals surface area contributed by atoms with Crippen molar-refractivity contribution in [2.75, 3.05) is 7.11 Å². The van der Waals surface area contributed by atoms with E-state index in [4.69, 9.17) is 4.74 Å². The molecule has 0 saturated carbocycles. The van der Waals surface area contributed by atoms with Crippen LogP contribution in [-0.4, -0.2) is 22.9 Å². The first kappa shape index (κ1) is 9.45. The summed E-state index contributed by atoms with van der Waals surface area (Å²) in [4.78, 5) is 18.6. The van der Waals surface area contributed by atoms with E-state index < -0.39 is 0 Å². The first-order valence-electron chi connectivity index (χ1n) is 4.50. The van der Waals surface area contributed by atoms with Gasteiger partial charge in [-0.25, -0.2) is 4.98 Å². The van der Waals surface area contributed by atoms with Crippen molar-refractivity contribution in [3.8, 4) is 5.75 Å². The second-order valence-electron chi connectivity index (χ2n) is 2.97. The number of aromatic nitrogens is 2. The normalized spacial score (nSPS) is 9.93. The number of imidazole rings is 1. The minimum Gasteiger partial charge on any atom is -0.496 e. The fraction of sp³-hybridized carbons (Fsp3) is 0.0909. The molecule has 4 heteroatoms. The lowest BCUT2D eigenvalue weighted by Gasteiger charge is -2.04. The van der Waals surface area contributed by atoms with Gasteiger partial charge in [0, 0.05) is 12.4 Å². The quantitative estimate of drug-likeness (QED) is 0.770. The predicted octanol–water partition coefficient (Wildman–Crippen LogP) is 1.65. The summed E-state index contributed by atoms with van der Waals surface area (Å²) in [5.41, 5.74) is 0.509. The molecule has 0 aliphatic heterocycles. The Morgan fingerprint density at radius 3 is 2.87 bits per heavy atom. The zero-order valence-electron chi connectivity index (χ0n) is 8.23. The summed E-state index contributed by atoms with van der Waals surface area (Å²) in [6.07, 6.45) is 3.16. The highest BCUT2D eigenvalue weighted by molar-refractivity contribution is 6.08. The third-order valence-electron chi connectivity index (χ3n) is 2.06. The highest BCUT2D eigenvalue weighted by Gasteiger charge is 2.15. The van der Waals surface area contributed by atoms with Gasteiger partial charge in [-0.15, -0.1) is 0 Å². The average Bonchev–Trinajstić information content (AvgIpc) is 2.81.